The summed E-state index contributed by atoms with van der Waals surface area (Å²) in [7, 11) is -2.77. The molecule has 0 radical (unpaired) electrons. The van der Waals surface area contributed by atoms with Gasteiger partial charge in [-0.2, -0.15) is 23.5 Å². The van der Waals surface area contributed by atoms with Crippen LogP contribution in [0.3, 0.4) is 0 Å². The first kappa shape index (κ1) is 25.1. The number of aromatic nitrogens is 3. The van der Waals surface area contributed by atoms with E-state index in [-0.39, 0.29) is 26.2 Å². The second kappa shape index (κ2) is 8.70. The van der Waals surface area contributed by atoms with Crippen LogP contribution in [0.2, 0.25) is 0 Å². The third kappa shape index (κ3) is 4.76. The molecule has 1 saturated heterocycles. The zero-order valence-electron chi connectivity index (χ0n) is 18.7. The van der Waals surface area contributed by atoms with Crippen molar-refractivity contribution in [2.75, 3.05) is 13.7 Å². The molecule has 2 atom stereocenters. The van der Waals surface area contributed by atoms with Gasteiger partial charge in [0.1, 0.15) is 18.5 Å². The zero-order valence-corrected chi connectivity index (χ0v) is 19.5. The molecular weight excluding hydrogens is 461 g/mol. The summed E-state index contributed by atoms with van der Waals surface area (Å²) < 4.78 is 77.2. The third-order valence-electron chi connectivity index (χ3n) is 5.82. The highest BCUT2D eigenvalue weighted by Gasteiger charge is 2.47. The summed E-state index contributed by atoms with van der Waals surface area (Å²) in [5.41, 5.74) is -1.18. The number of methoxy groups -OCH3 is 1. The van der Waals surface area contributed by atoms with E-state index in [0.717, 1.165) is 18.2 Å². The number of hydrogen-bond donors (Lipinski definition) is 0. The van der Waals surface area contributed by atoms with Crippen LogP contribution >= 0.6 is 0 Å². The van der Waals surface area contributed by atoms with Gasteiger partial charge in [-0.15, -0.1) is 0 Å². The number of rotatable bonds is 6. The second-order valence-corrected chi connectivity index (χ2v) is 11.1. The Morgan fingerprint density at radius 3 is 2.64 bits per heavy atom. The van der Waals surface area contributed by atoms with Crippen molar-refractivity contribution in [2.24, 2.45) is 0 Å². The molecule has 1 aliphatic rings. The lowest BCUT2D eigenvalue weighted by Crippen LogP contribution is -2.43. The molecule has 1 fully saturated rings. The Morgan fingerprint density at radius 2 is 2.03 bits per heavy atom. The van der Waals surface area contributed by atoms with E-state index in [1.54, 1.807) is 19.9 Å². The summed E-state index contributed by atoms with van der Waals surface area (Å²) >= 11 is 0. The number of hydrogen-bond acceptors (Lipinski definition) is 7. The van der Waals surface area contributed by atoms with Gasteiger partial charge in [0.2, 0.25) is 9.84 Å². The van der Waals surface area contributed by atoms with Crippen molar-refractivity contribution >= 4 is 9.84 Å². The second-order valence-electron chi connectivity index (χ2n) is 8.73. The molecule has 180 valence electrons. The number of alkyl halides is 3. The Bertz CT molecular complexity index is 1170. The largest absolute Gasteiger partial charge is 0.433 e. The highest BCUT2D eigenvalue weighted by Crippen LogP contribution is 2.42. The van der Waals surface area contributed by atoms with Crippen LogP contribution in [0.5, 0.6) is 0 Å². The van der Waals surface area contributed by atoms with Crippen molar-refractivity contribution in [1.29, 1.82) is 5.26 Å². The minimum atomic E-state index is -4.76. The normalized spacial score (nSPS) is 22.2. The van der Waals surface area contributed by atoms with Gasteiger partial charge in [0.05, 0.1) is 27.6 Å². The summed E-state index contributed by atoms with van der Waals surface area (Å²) in [4.78, 5) is 3.40. The summed E-state index contributed by atoms with van der Waals surface area (Å²) in [5, 5.41) is 13.3. The van der Waals surface area contributed by atoms with Crippen LogP contribution in [-0.2, 0) is 37.6 Å². The van der Waals surface area contributed by atoms with E-state index in [4.69, 9.17) is 9.47 Å². The Kier molecular flexibility index (Phi) is 6.63. The standard InChI is InChI=1S/C21H25F3N4O4S/c1-19(2,12-25)17-10-14(28(27-17)13-31-4)15-11-20(3,8-9-32-15)33(29,30)18-7-5-6-16(26-18)21(22,23)24/h5-7,10,15H,8-9,11,13H2,1-4H3. The van der Waals surface area contributed by atoms with Gasteiger partial charge in [0.25, 0.3) is 0 Å². The fraction of sp³-hybridized carbons (Fsp3) is 0.571. The molecule has 0 spiro atoms. The summed E-state index contributed by atoms with van der Waals surface area (Å²) in [6, 6.07) is 6.68. The smallest absolute Gasteiger partial charge is 0.372 e. The van der Waals surface area contributed by atoms with Crippen molar-refractivity contribution in [3.8, 4) is 6.07 Å². The maximum Gasteiger partial charge on any atom is 0.433 e. The van der Waals surface area contributed by atoms with E-state index < -0.39 is 43.0 Å². The first-order chi connectivity index (χ1) is 15.2. The van der Waals surface area contributed by atoms with Crippen LogP contribution in [0.4, 0.5) is 13.2 Å². The van der Waals surface area contributed by atoms with E-state index in [0.29, 0.717) is 11.4 Å². The first-order valence-electron chi connectivity index (χ1n) is 10.1. The molecule has 1 aliphatic heterocycles. The molecule has 2 aromatic heterocycles. The van der Waals surface area contributed by atoms with Crippen molar-refractivity contribution in [3.05, 3.63) is 41.3 Å². The SMILES string of the molecule is COCn1nc(C(C)(C)C#N)cc1C1CC(C)(S(=O)(=O)c2cccc(C(F)(F)F)n2)CCO1. The third-order valence-corrected chi connectivity index (χ3v) is 8.26. The molecule has 0 saturated carbocycles. The van der Waals surface area contributed by atoms with Crippen molar-refractivity contribution in [3.63, 3.8) is 0 Å². The lowest BCUT2D eigenvalue weighted by molar-refractivity contribution is -0.141. The molecule has 2 unspecified atom stereocenters. The Balaban J connectivity index is 2.00. The summed E-state index contributed by atoms with van der Waals surface area (Å²) in [6.07, 6.45) is -5.44. The van der Waals surface area contributed by atoms with E-state index in [9.17, 15) is 26.9 Å². The van der Waals surface area contributed by atoms with E-state index in [1.807, 2.05) is 0 Å². The van der Waals surface area contributed by atoms with Crippen molar-refractivity contribution in [2.45, 2.75) is 67.8 Å². The molecule has 0 N–H and O–H groups in total. The maximum atomic E-state index is 13.4. The fourth-order valence-electron chi connectivity index (χ4n) is 3.66. The quantitative estimate of drug-likeness (QED) is 0.611. The average Bonchev–Trinajstić information content (AvgIpc) is 3.18. The zero-order chi connectivity index (χ0) is 24.7. The van der Waals surface area contributed by atoms with Crippen molar-refractivity contribution in [1.82, 2.24) is 14.8 Å². The van der Waals surface area contributed by atoms with Crippen LogP contribution in [0.15, 0.2) is 29.3 Å². The minimum absolute atomic E-state index is 0.0327. The highest BCUT2D eigenvalue weighted by molar-refractivity contribution is 7.92. The van der Waals surface area contributed by atoms with Gasteiger partial charge in [-0.3, -0.25) is 0 Å². The maximum absolute atomic E-state index is 13.4. The Morgan fingerprint density at radius 1 is 1.33 bits per heavy atom. The van der Waals surface area contributed by atoms with Gasteiger partial charge < -0.3 is 9.47 Å². The molecule has 0 amide bonds. The predicted molar refractivity (Wildman–Crippen MR) is 111 cm³/mol. The average molecular weight is 487 g/mol. The molecule has 0 aliphatic carbocycles. The molecule has 8 nitrogen and oxygen atoms in total. The predicted octanol–water partition coefficient (Wildman–Crippen LogP) is 3.79. The number of nitrogens with zero attached hydrogens (tertiary/aromatic N) is 4. The fourth-order valence-corrected chi connectivity index (χ4v) is 5.36. The van der Waals surface area contributed by atoms with Crippen LogP contribution < -0.4 is 0 Å². The van der Waals surface area contributed by atoms with Crippen LogP contribution in [-0.4, -0.2) is 41.6 Å². The molecule has 3 heterocycles. The minimum Gasteiger partial charge on any atom is -0.372 e. The van der Waals surface area contributed by atoms with Gasteiger partial charge in [-0.1, -0.05) is 6.07 Å². The Labute approximate surface area is 190 Å². The van der Waals surface area contributed by atoms with E-state index >= 15 is 0 Å². The summed E-state index contributed by atoms with van der Waals surface area (Å²) in [5.74, 6) is 0. The number of ether oxygens (including phenoxy) is 2. The lowest BCUT2D eigenvalue weighted by Gasteiger charge is -2.37. The molecule has 33 heavy (non-hydrogen) atoms. The number of halogens is 3. The van der Waals surface area contributed by atoms with Crippen LogP contribution in [0.1, 0.15) is 56.8 Å². The first-order valence-corrected chi connectivity index (χ1v) is 11.6. The number of pyridine rings is 1. The van der Waals surface area contributed by atoms with Gasteiger partial charge in [-0.05, 0) is 51.8 Å². The van der Waals surface area contributed by atoms with Gasteiger partial charge in [0.15, 0.2) is 5.03 Å². The van der Waals surface area contributed by atoms with Crippen LogP contribution in [0.25, 0.3) is 0 Å². The van der Waals surface area contributed by atoms with Gasteiger partial charge in [-0.25, -0.2) is 18.1 Å². The van der Waals surface area contributed by atoms with E-state index in [2.05, 4.69) is 16.2 Å². The molecule has 2 aromatic rings. The van der Waals surface area contributed by atoms with Gasteiger partial charge >= 0.3 is 6.18 Å². The molecule has 3 rings (SSSR count). The topological polar surface area (TPSA) is 107 Å². The highest BCUT2D eigenvalue weighted by atomic mass is 32.2. The lowest BCUT2D eigenvalue weighted by atomic mass is 9.90. The summed E-state index contributed by atoms with van der Waals surface area (Å²) in [6.45, 7) is 5.00. The molecule has 12 heteroatoms. The van der Waals surface area contributed by atoms with Crippen LogP contribution in [0, 0.1) is 11.3 Å². The van der Waals surface area contributed by atoms with Gasteiger partial charge in [0, 0.05) is 13.7 Å². The van der Waals surface area contributed by atoms with Crippen molar-refractivity contribution < 1.29 is 31.1 Å². The Hall–Kier alpha value is -2.49. The molecule has 0 bridgehead atoms. The number of nitriles is 1. The molecular formula is C21H25F3N4O4S. The van der Waals surface area contributed by atoms with E-state index in [1.165, 1.54) is 18.7 Å². The molecule has 0 aromatic carbocycles. The number of sulfone groups is 1. The monoisotopic (exact) mass is 486 g/mol.